The van der Waals surface area contributed by atoms with Crippen LogP contribution in [-0.2, 0) is 19.6 Å². The van der Waals surface area contributed by atoms with Gasteiger partial charge in [-0.2, -0.15) is 5.10 Å². The largest absolute Gasteiger partial charge is 0.357 e. The van der Waals surface area contributed by atoms with Gasteiger partial charge < -0.3 is 15.5 Å². The Morgan fingerprint density at radius 1 is 0.969 bits per heavy atom. The van der Waals surface area contributed by atoms with E-state index in [-0.39, 0.29) is 24.0 Å². The first kappa shape index (κ1) is 24.0. The highest BCUT2D eigenvalue weighted by Gasteiger charge is 2.12. The molecule has 1 saturated heterocycles. The van der Waals surface area contributed by atoms with Gasteiger partial charge >= 0.3 is 0 Å². The Morgan fingerprint density at radius 3 is 2.50 bits per heavy atom. The van der Waals surface area contributed by atoms with Gasteiger partial charge in [-0.25, -0.2) is 4.98 Å². The summed E-state index contributed by atoms with van der Waals surface area (Å²) in [5, 5.41) is 11.2. The van der Waals surface area contributed by atoms with Crippen LogP contribution >= 0.6 is 24.0 Å². The number of nitrogens with zero attached hydrogens (tertiary/aromatic N) is 5. The predicted molar refractivity (Wildman–Crippen MR) is 141 cm³/mol. The molecule has 1 aliphatic rings. The highest BCUT2D eigenvalue weighted by Crippen LogP contribution is 2.18. The van der Waals surface area contributed by atoms with E-state index in [2.05, 4.69) is 67.0 Å². The van der Waals surface area contributed by atoms with Gasteiger partial charge in [0.2, 0.25) is 0 Å². The summed E-state index contributed by atoms with van der Waals surface area (Å²) >= 11 is 0. The van der Waals surface area contributed by atoms with Crippen molar-refractivity contribution in [3.05, 3.63) is 77.7 Å². The molecule has 8 heteroatoms. The lowest BCUT2D eigenvalue weighted by atomic mass is 10.1. The number of nitrogens with one attached hydrogen (secondary N) is 2. The Labute approximate surface area is 207 Å². The molecule has 32 heavy (non-hydrogen) atoms. The van der Waals surface area contributed by atoms with Crippen LogP contribution in [0.15, 0.2) is 66.0 Å². The third-order valence-corrected chi connectivity index (χ3v) is 5.63. The van der Waals surface area contributed by atoms with E-state index in [1.807, 2.05) is 29.3 Å². The van der Waals surface area contributed by atoms with Crippen molar-refractivity contribution < 1.29 is 0 Å². The summed E-state index contributed by atoms with van der Waals surface area (Å²) in [6, 6.07) is 14.6. The molecule has 0 bridgehead atoms. The standard InChI is InChI=1S/C24H31N7.HI/c1-25-24(27-17-20-10-12-26-23(16-20)30-13-5-2-6-14-30)28-18-21-8-3-4-9-22(21)19-31-15-7-11-29-31;/h3-4,7-12,15-16H,2,5-6,13-14,17-19H2,1H3,(H2,25,27,28);1H. The smallest absolute Gasteiger partial charge is 0.191 e. The first-order valence-corrected chi connectivity index (χ1v) is 11.0. The number of rotatable bonds is 7. The summed E-state index contributed by atoms with van der Waals surface area (Å²) in [6.07, 6.45) is 9.53. The van der Waals surface area contributed by atoms with Gasteiger partial charge in [-0.3, -0.25) is 9.67 Å². The van der Waals surface area contributed by atoms with E-state index in [0.29, 0.717) is 13.1 Å². The molecule has 0 amide bonds. The number of aromatic nitrogens is 3. The molecule has 4 rings (SSSR count). The number of guanidine groups is 1. The Morgan fingerprint density at radius 2 is 1.75 bits per heavy atom. The Bertz CT molecular complexity index is 982. The fourth-order valence-electron chi connectivity index (χ4n) is 3.90. The minimum absolute atomic E-state index is 0. The second-order valence-electron chi connectivity index (χ2n) is 7.82. The number of hydrogen-bond donors (Lipinski definition) is 2. The summed E-state index contributed by atoms with van der Waals surface area (Å²) in [5.41, 5.74) is 3.68. The van der Waals surface area contributed by atoms with E-state index >= 15 is 0 Å². The molecule has 3 heterocycles. The minimum Gasteiger partial charge on any atom is -0.357 e. The van der Waals surface area contributed by atoms with Crippen LogP contribution in [0.1, 0.15) is 36.0 Å². The van der Waals surface area contributed by atoms with Crippen molar-refractivity contribution in [1.29, 1.82) is 0 Å². The third-order valence-electron chi connectivity index (χ3n) is 5.63. The summed E-state index contributed by atoms with van der Waals surface area (Å²) in [6.45, 7) is 4.37. The molecule has 170 valence electrons. The SMILES string of the molecule is CN=C(NCc1ccnc(N2CCCCC2)c1)NCc1ccccc1Cn1cccn1.I. The zero-order valence-corrected chi connectivity index (χ0v) is 20.9. The van der Waals surface area contributed by atoms with Gasteiger partial charge in [-0.1, -0.05) is 24.3 Å². The lowest BCUT2D eigenvalue weighted by Gasteiger charge is -2.28. The average molecular weight is 545 g/mol. The lowest BCUT2D eigenvalue weighted by molar-refractivity contribution is 0.573. The van der Waals surface area contributed by atoms with E-state index in [0.717, 1.165) is 31.4 Å². The number of pyridine rings is 1. The van der Waals surface area contributed by atoms with Crippen molar-refractivity contribution in [3.8, 4) is 0 Å². The fourth-order valence-corrected chi connectivity index (χ4v) is 3.90. The number of halogens is 1. The van der Waals surface area contributed by atoms with Gasteiger partial charge in [0.25, 0.3) is 0 Å². The second-order valence-corrected chi connectivity index (χ2v) is 7.82. The highest BCUT2D eigenvalue weighted by atomic mass is 127. The molecule has 3 aromatic rings. The number of piperidine rings is 1. The average Bonchev–Trinajstić information content (AvgIpc) is 3.34. The number of aliphatic imine (C=N–C) groups is 1. The maximum atomic E-state index is 4.57. The molecule has 0 atom stereocenters. The molecule has 1 aliphatic heterocycles. The predicted octanol–water partition coefficient (Wildman–Crippen LogP) is 3.80. The number of anilines is 1. The lowest BCUT2D eigenvalue weighted by Crippen LogP contribution is -2.36. The third kappa shape index (κ3) is 6.69. The highest BCUT2D eigenvalue weighted by molar-refractivity contribution is 14.0. The van der Waals surface area contributed by atoms with Crippen LogP contribution in [0.2, 0.25) is 0 Å². The first-order chi connectivity index (χ1) is 15.3. The molecule has 7 nitrogen and oxygen atoms in total. The first-order valence-electron chi connectivity index (χ1n) is 11.0. The normalized spacial score (nSPS) is 14.0. The molecule has 2 N–H and O–H groups in total. The summed E-state index contributed by atoms with van der Waals surface area (Å²) < 4.78 is 1.94. The van der Waals surface area contributed by atoms with Gasteiger partial charge in [-0.15, -0.1) is 24.0 Å². The van der Waals surface area contributed by atoms with Gasteiger partial charge in [0, 0.05) is 51.8 Å². The molecule has 0 aliphatic carbocycles. The summed E-state index contributed by atoms with van der Waals surface area (Å²) in [5.74, 6) is 1.86. The molecular formula is C24H32IN7. The van der Waals surface area contributed by atoms with E-state index in [1.54, 1.807) is 7.05 Å². The van der Waals surface area contributed by atoms with E-state index in [9.17, 15) is 0 Å². The summed E-state index contributed by atoms with van der Waals surface area (Å²) in [7, 11) is 1.80. The van der Waals surface area contributed by atoms with E-state index in [4.69, 9.17) is 0 Å². The monoisotopic (exact) mass is 545 g/mol. The van der Waals surface area contributed by atoms with Gasteiger partial charge in [0.15, 0.2) is 5.96 Å². The maximum Gasteiger partial charge on any atom is 0.191 e. The van der Waals surface area contributed by atoms with Crippen molar-refractivity contribution in [2.24, 2.45) is 4.99 Å². The Hall–Kier alpha value is -2.62. The van der Waals surface area contributed by atoms with Crippen molar-refractivity contribution in [1.82, 2.24) is 25.4 Å². The quantitative estimate of drug-likeness (QED) is 0.269. The molecule has 1 aromatic carbocycles. The van der Waals surface area contributed by atoms with Crippen LogP contribution in [-0.4, -0.2) is 40.9 Å². The van der Waals surface area contributed by atoms with Crippen LogP contribution in [0.4, 0.5) is 5.82 Å². The van der Waals surface area contributed by atoms with E-state index < -0.39 is 0 Å². The van der Waals surface area contributed by atoms with Crippen LogP contribution in [0.3, 0.4) is 0 Å². The molecule has 0 saturated carbocycles. The topological polar surface area (TPSA) is 70.4 Å². The molecule has 0 spiro atoms. The number of hydrogen-bond acceptors (Lipinski definition) is 4. The summed E-state index contributed by atoms with van der Waals surface area (Å²) in [4.78, 5) is 11.3. The van der Waals surface area contributed by atoms with Crippen molar-refractivity contribution in [2.45, 2.75) is 38.9 Å². The fraction of sp³-hybridized carbons (Fsp3) is 0.375. The zero-order chi connectivity index (χ0) is 21.3. The number of benzene rings is 1. The van der Waals surface area contributed by atoms with E-state index in [1.165, 1.54) is 36.0 Å². The Kier molecular flexibility index (Phi) is 9.33. The van der Waals surface area contributed by atoms with Crippen LogP contribution < -0.4 is 15.5 Å². The van der Waals surface area contributed by atoms with Crippen molar-refractivity contribution in [2.75, 3.05) is 25.0 Å². The molecule has 0 unspecified atom stereocenters. The molecule has 1 fully saturated rings. The molecule has 0 radical (unpaired) electrons. The zero-order valence-electron chi connectivity index (χ0n) is 18.6. The van der Waals surface area contributed by atoms with Crippen LogP contribution in [0.25, 0.3) is 0 Å². The Balaban J connectivity index is 0.00000289. The van der Waals surface area contributed by atoms with Crippen molar-refractivity contribution in [3.63, 3.8) is 0 Å². The second kappa shape index (κ2) is 12.4. The van der Waals surface area contributed by atoms with Crippen molar-refractivity contribution >= 4 is 35.8 Å². The molecular weight excluding hydrogens is 513 g/mol. The molecule has 2 aromatic heterocycles. The van der Waals surface area contributed by atoms with Gasteiger partial charge in [-0.05, 0) is 54.2 Å². The van der Waals surface area contributed by atoms with Crippen LogP contribution in [0, 0.1) is 0 Å². The van der Waals surface area contributed by atoms with Gasteiger partial charge in [0.1, 0.15) is 5.82 Å². The van der Waals surface area contributed by atoms with Crippen LogP contribution in [0.5, 0.6) is 0 Å². The van der Waals surface area contributed by atoms with Gasteiger partial charge in [0.05, 0.1) is 6.54 Å². The maximum absolute atomic E-state index is 4.57. The minimum atomic E-state index is 0.